The van der Waals surface area contributed by atoms with Gasteiger partial charge in [0.1, 0.15) is 28.8 Å². The molecule has 9 heteroatoms. The second-order valence-electron chi connectivity index (χ2n) is 10.1. The average Bonchev–Trinajstić information content (AvgIpc) is 3.38. The highest BCUT2D eigenvalue weighted by Gasteiger charge is 2.24. The largest absolute Gasteiger partial charge is 0.506 e. The highest BCUT2D eigenvalue weighted by atomic mass is 19.1. The molecular weight excluding hydrogens is 538 g/mol. The van der Waals surface area contributed by atoms with Gasteiger partial charge in [-0.1, -0.05) is 42.5 Å². The first-order chi connectivity index (χ1) is 20.2. The van der Waals surface area contributed by atoms with E-state index in [0.29, 0.717) is 29.2 Å². The van der Waals surface area contributed by atoms with Gasteiger partial charge in [-0.3, -0.25) is 9.59 Å². The topological polar surface area (TPSA) is 107 Å². The van der Waals surface area contributed by atoms with Crippen LogP contribution in [-0.4, -0.2) is 32.8 Å². The Balaban J connectivity index is 1.44. The number of aliphatic hydroxyl groups excluding tert-OH is 1. The number of benzene rings is 4. The molecule has 0 aliphatic rings. The van der Waals surface area contributed by atoms with Gasteiger partial charge in [0.15, 0.2) is 0 Å². The number of imidazole rings is 1. The molecule has 4 N–H and O–H groups in total. The van der Waals surface area contributed by atoms with E-state index in [0.717, 1.165) is 23.4 Å². The molecule has 1 amide bonds. The molecule has 5 rings (SSSR count). The number of nitrogens with zero attached hydrogens (tertiary/aromatic N) is 1. The molecule has 0 radical (unpaired) electrons. The standard InChI is InChI=1S/C33H28F2N4O3/c1-19(2)37-33(42)22-10-8-20(9-11-22)18-36-26-12-13-27-28(17-26)39-32(38-27)29(30(40)21-6-4-3-5-7-21)31(41)23-14-24(34)16-25(35)15-23/h3-17,19,36,41H,18H2,1-2H3,(H,37,42)(H,38,39)/b31-29+. The van der Waals surface area contributed by atoms with E-state index in [2.05, 4.69) is 20.6 Å². The van der Waals surface area contributed by atoms with Crippen LogP contribution >= 0.6 is 0 Å². The number of nitrogens with one attached hydrogen (secondary N) is 3. The minimum absolute atomic E-state index is 0.0492. The monoisotopic (exact) mass is 566 g/mol. The number of halogens is 2. The van der Waals surface area contributed by atoms with Gasteiger partial charge in [0.25, 0.3) is 5.91 Å². The number of Topliss-reactive ketones (excluding diaryl/α,β-unsaturated/α-hetero) is 1. The van der Waals surface area contributed by atoms with Crippen molar-refractivity contribution in [1.29, 1.82) is 0 Å². The van der Waals surface area contributed by atoms with Gasteiger partial charge in [-0.05, 0) is 61.9 Å². The number of hydrogen-bond donors (Lipinski definition) is 4. The zero-order chi connectivity index (χ0) is 29.8. The summed E-state index contributed by atoms with van der Waals surface area (Å²) < 4.78 is 28.0. The summed E-state index contributed by atoms with van der Waals surface area (Å²) in [4.78, 5) is 33.3. The lowest BCUT2D eigenvalue weighted by Gasteiger charge is -2.10. The first-order valence-electron chi connectivity index (χ1n) is 13.3. The van der Waals surface area contributed by atoms with Gasteiger partial charge in [-0.15, -0.1) is 0 Å². The van der Waals surface area contributed by atoms with Gasteiger partial charge < -0.3 is 20.7 Å². The number of ketones is 1. The highest BCUT2D eigenvalue weighted by Crippen LogP contribution is 2.29. The Bertz CT molecular complexity index is 1780. The molecule has 42 heavy (non-hydrogen) atoms. The molecule has 0 atom stereocenters. The summed E-state index contributed by atoms with van der Waals surface area (Å²) in [6.45, 7) is 4.30. The average molecular weight is 567 g/mol. The molecule has 0 unspecified atom stereocenters. The van der Waals surface area contributed by atoms with Gasteiger partial charge in [-0.2, -0.15) is 0 Å². The van der Waals surface area contributed by atoms with Crippen LogP contribution in [0.3, 0.4) is 0 Å². The summed E-state index contributed by atoms with van der Waals surface area (Å²) in [5.74, 6) is -3.04. The number of fused-ring (bicyclic) bond motifs is 1. The lowest BCUT2D eigenvalue weighted by molar-refractivity contribution is 0.0942. The molecule has 0 bridgehead atoms. The van der Waals surface area contributed by atoms with Gasteiger partial charge in [0.2, 0.25) is 5.78 Å². The van der Waals surface area contributed by atoms with E-state index in [-0.39, 0.29) is 34.5 Å². The summed E-state index contributed by atoms with van der Waals surface area (Å²) in [6.07, 6.45) is 0. The number of aromatic amines is 1. The van der Waals surface area contributed by atoms with Crippen molar-refractivity contribution < 1.29 is 23.5 Å². The smallest absolute Gasteiger partial charge is 0.251 e. The van der Waals surface area contributed by atoms with E-state index in [1.54, 1.807) is 54.6 Å². The number of hydrogen-bond acceptors (Lipinski definition) is 5. The number of rotatable bonds is 9. The van der Waals surface area contributed by atoms with Crippen LogP contribution in [0.1, 0.15) is 51.5 Å². The van der Waals surface area contributed by atoms with Crippen molar-refractivity contribution in [3.8, 4) is 0 Å². The normalized spacial score (nSPS) is 11.8. The molecular formula is C33H28F2N4O3. The molecule has 1 aromatic heterocycles. The second kappa shape index (κ2) is 12.1. The number of H-pyrrole nitrogens is 1. The zero-order valence-electron chi connectivity index (χ0n) is 22.9. The van der Waals surface area contributed by atoms with E-state index in [9.17, 15) is 23.5 Å². The van der Waals surface area contributed by atoms with E-state index < -0.39 is 23.2 Å². The second-order valence-corrected chi connectivity index (χ2v) is 10.1. The predicted octanol–water partition coefficient (Wildman–Crippen LogP) is 6.90. The number of aliphatic hydroxyl groups is 1. The van der Waals surface area contributed by atoms with Crippen LogP contribution in [0.15, 0.2) is 91.0 Å². The molecule has 0 saturated carbocycles. The Morgan fingerprint density at radius 2 is 1.55 bits per heavy atom. The first-order valence-corrected chi connectivity index (χ1v) is 13.3. The molecule has 4 aromatic carbocycles. The number of allylic oxidation sites excluding steroid dienone is 1. The maximum absolute atomic E-state index is 14.0. The number of amides is 1. The molecule has 0 fully saturated rings. The van der Waals surface area contributed by atoms with Crippen LogP contribution in [0.25, 0.3) is 22.4 Å². The molecule has 7 nitrogen and oxygen atoms in total. The third kappa shape index (κ3) is 6.36. The Hall–Kier alpha value is -5.31. The maximum Gasteiger partial charge on any atom is 0.251 e. The van der Waals surface area contributed by atoms with Crippen LogP contribution in [-0.2, 0) is 6.54 Å². The molecule has 0 spiro atoms. The number of aromatic nitrogens is 2. The van der Waals surface area contributed by atoms with Crippen molar-refractivity contribution in [2.75, 3.05) is 5.32 Å². The van der Waals surface area contributed by atoms with Crippen LogP contribution in [0.2, 0.25) is 0 Å². The predicted molar refractivity (Wildman–Crippen MR) is 159 cm³/mol. The molecule has 212 valence electrons. The van der Waals surface area contributed by atoms with Gasteiger partial charge >= 0.3 is 0 Å². The van der Waals surface area contributed by atoms with Crippen LogP contribution in [0.5, 0.6) is 0 Å². The number of anilines is 1. The molecule has 1 heterocycles. The Labute approximate surface area is 240 Å². The van der Waals surface area contributed by atoms with Gasteiger partial charge in [0, 0.05) is 41.0 Å². The van der Waals surface area contributed by atoms with Crippen molar-refractivity contribution in [1.82, 2.24) is 15.3 Å². The fourth-order valence-electron chi connectivity index (χ4n) is 4.46. The Morgan fingerprint density at radius 3 is 2.21 bits per heavy atom. The summed E-state index contributed by atoms with van der Waals surface area (Å²) in [5, 5.41) is 17.3. The molecule has 0 aliphatic heterocycles. The minimum Gasteiger partial charge on any atom is -0.506 e. The Kier molecular flexibility index (Phi) is 8.10. The van der Waals surface area contributed by atoms with E-state index in [1.807, 2.05) is 32.0 Å². The minimum atomic E-state index is -0.892. The van der Waals surface area contributed by atoms with Crippen molar-refractivity contribution in [2.45, 2.75) is 26.4 Å². The highest BCUT2D eigenvalue weighted by molar-refractivity contribution is 6.33. The molecule has 5 aromatic rings. The van der Waals surface area contributed by atoms with Crippen molar-refractivity contribution in [2.24, 2.45) is 0 Å². The third-order valence-electron chi connectivity index (χ3n) is 6.49. The van der Waals surface area contributed by atoms with Gasteiger partial charge in [0.05, 0.1) is 11.0 Å². The van der Waals surface area contributed by atoms with Crippen molar-refractivity contribution in [3.63, 3.8) is 0 Å². The number of carbonyl (C=O) groups is 2. The van der Waals surface area contributed by atoms with E-state index >= 15 is 0 Å². The Morgan fingerprint density at radius 1 is 0.857 bits per heavy atom. The lowest BCUT2D eigenvalue weighted by atomic mass is 9.98. The fourth-order valence-corrected chi connectivity index (χ4v) is 4.46. The molecule has 0 aliphatic carbocycles. The summed E-state index contributed by atoms with van der Waals surface area (Å²) in [5.41, 5.74) is 3.26. The summed E-state index contributed by atoms with van der Waals surface area (Å²) >= 11 is 0. The van der Waals surface area contributed by atoms with Crippen LogP contribution in [0.4, 0.5) is 14.5 Å². The zero-order valence-corrected chi connectivity index (χ0v) is 22.9. The third-order valence-corrected chi connectivity index (χ3v) is 6.49. The van der Waals surface area contributed by atoms with E-state index in [1.165, 1.54) is 0 Å². The van der Waals surface area contributed by atoms with Gasteiger partial charge in [-0.25, -0.2) is 13.8 Å². The summed E-state index contributed by atoms with van der Waals surface area (Å²) in [6, 6.07) is 23.6. The summed E-state index contributed by atoms with van der Waals surface area (Å²) in [7, 11) is 0. The van der Waals surface area contributed by atoms with Crippen molar-refractivity contribution >= 4 is 39.7 Å². The van der Waals surface area contributed by atoms with Crippen LogP contribution < -0.4 is 10.6 Å². The van der Waals surface area contributed by atoms with E-state index in [4.69, 9.17) is 0 Å². The number of carbonyl (C=O) groups excluding carboxylic acids is 2. The molecule has 0 saturated heterocycles. The fraction of sp³-hybridized carbons (Fsp3) is 0.121. The maximum atomic E-state index is 14.0. The SMILES string of the molecule is CC(C)NC(=O)c1ccc(CNc2ccc3nc(/C(C(=O)c4ccccc4)=C(/O)c4cc(F)cc(F)c4)[nH]c3c2)cc1. The quantitative estimate of drug-likeness (QED) is 0.0882. The van der Waals surface area contributed by atoms with Crippen LogP contribution in [0, 0.1) is 11.6 Å². The van der Waals surface area contributed by atoms with Crippen molar-refractivity contribution in [3.05, 3.63) is 131 Å². The first kappa shape index (κ1) is 28.2. The lowest BCUT2D eigenvalue weighted by Crippen LogP contribution is -2.29.